The number of fused-ring (bicyclic) bond motifs is 1. The lowest BCUT2D eigenvalue weighted by Gasteiger charge is -2.31. The summed E-state index contributed by atoms with van der Waals surface area (Å²) in [5.41, 5.74) is 3.92. The Morgan fingerprint density at radius 1 is 0.911 bits per heavy atom. The normalized spacial score (nSPS) is 16.5. The van der Waals surface area contributed by atoms with Gasteiger partial charge >= 0.3 is 0 Å². The van der Waals surface area contributed by atoms with Gasteiger partial charge < -0.3 is 15.0 Å². The molecule has 2 atom stereocenters. The molecule has 228 valence electrons. The fourth-order valence-corrected chi connectivity index (χ4v) is 6.11. The fourth-order valence-electron chi connectivity index (χ4n) is 6.11. The van der Waals surface area contributed by atoms with Crippen LogP contribution in [0.1, 0.15) is 60.8 Å². The predicted octanol–water partition coefficient (Wildman–Crippen LogP) is 7.07. The number of nitrogens with one attached hydrogen (secondary N) is 2. The first-order chi connectivity index (χ1) is 21.9. The molecule has 2 unspecified atom stereocenters. The van der Waals surface area contributed by atoms with Crippen LogP contribution in [0.15, 0.2) is 115 Å². The highest BCUT2D eigenvalue weighted by molar-refractivity contribution is 6.10. The van der Waals surface area contributed by atoms with Crippen LogP contribution < -0.4 is 15.4 Å². The molecule has 4 aromatic carbocycles. The van der Waals surface area contributed by atoms with E-state index in [0.29, 0.717) is 34.5 Å². The molecule has 5 aromatic rings. The molecule has 7 heteroatoms. The lowest BCUT2D eigenvalue weighted by atomic mass is 10.00. The summed E-state index contributed by atoms with van der Waals surface area (Å²) in [4.78, 5) is 34.7. The van der Waals surface area contributed by atoms with Crippen molar-refractivity contribution in [2.45, 2.75) is 44.9 Å². The van der Waals surface area contributed by atoms with Crippen LogP contribution in [-0.4, -0.2) is 40.5 Å². The molecule has 1 aliphatic rings. The number of ether oxygens (including phenoxy) is 1. The highest BCUT2D eigenvalue weighted by Crippen LogP contribution is 2.37. The Morgan fingerprint density at radius 3 is 2.22 bits per heavy atom. The van der Waals surface area contributed by atoms with Gasteiger partial charge in [-0.25, -0.2) is 4.98 Å². The lowest BCUT2D eigenvalue weighted by molar-refractivity contribution is -0.132. The van der Waals surface area contributed by atoms with Crippen LogP contribution in [0.5, 0.6) is 5.75 Å². The average molecular weight is 599 g/mol. The van der Waals surface area contributed by atoms with E-state index in [9.17, 15) is 9.59 Å². The summed E-state index contributed by atoms with van der Waals surface area (Å²) >= 11 is 0. The van der Waals surface area contributed by atoms with Crippen molar-refractivity contribution in [3.63, 3.8) is 0 Å². The van der Waals surface area contributed by atoms with Crippen molar-refractivity contribution in [3.05, 3.63) is 132 Å². The van der Waals surface area contributed by atoms with Gasteiger partial charge in [0.15, 0.2) is 5.75 Å². The first-order valence-electron chi connectivity index (χ1n) is 15.5. The summed E-state index contributed by atoms with van der Waals surface area (Å²) in [5.74, 6) is 0.151. The second kappa shape index (κ2) is 12.9. The van der Waals surface area contributed by atoms with E-state index in [1.54, 1.807) is 0 Å². The minimum Gasteiger partial charge on any atom is -0.489 e. The molecule has 1 saturated heterocycles. The zero-order valence-corrected chi connectivity index (χ0v) is 25.9. The minimum absolute atomic E-state index is 0.0127. The summed E-state index contributed by atoms with van der Waals surface area (Å²) in [6.45, 7) is 6.55. The van der Waals surface area contributed by atoms with Crippen molar-refractivity contribution in [1.29, 1.82) is 0 Å². The Labute approximate surface area is 264 Å². The molecule has 1 fully saturated rings. The van der Waals surface area contributed by atoms with Crippen molar-refractivity contribution >= 4 is 22.7 Å². The molecule has 2 N–H and O–H groups in total. The number of carbonyl (C=O) groups is 2. The van der Waals surface area contributed by atoms with Crippen LogP contribution in [0, 0.1) is 0 Å². The zero-order chi connectivity index (χ0) is 31.4. The van der Waals surface area contributed by atoms with E-state index in [0.717, 1.165) is 23.1 Å². The topological polar surface area (TPSA) is 83.6 Å². The second-order valence-corrected chi connectivity index (χ2v) is 11.8. The van der Waals surface area contributed by atoms with Crippen LogP contribution in [0.3, 0.4) is 0 Å². The maximum Gasteiger partial charge on any atom is 0.256 e. The number of hydrogen-bond acceptors (Lipinski definition) is 5. The van der Waals surface area contributed by atoms with Crippen molar-refractivity contribution in [1.82, 2.24) is 20.5 Å². The molecule has 2 heterocycles. The number of para-hydroxylation sites is 1. The summed E-state index contributed by atoms with van der Waals surface area (Å²) in [6.07, 6.45) is 0.724. The van der Waals surface area contributed by atoms with Crippen molar-refractivity contribution in [2.24, 2.45) is 0 Å². The number of amides is 2. The smallest absolute Gasteiger partial charge is 0.256 e. The third kappa shape index (κ3) is 6.17. The average Bonchev–Trinajstić information content (AvgIpc) is 3.31. The van der Waals surface area contributed by atoms with E-state index in [1.807, 2.05) is 134 Å². The number of benzene rings is 4. The summed E-state index contributed by atoms with van der Waals surface area (Å²) in [6, 6.07) is 36.5. The van der Waals surface area contributed by atoms with Crippen LogP contribution in [0.4, 0.5) is 0 Å². The van der Waals surface area contributed by atoms with Gasteiger partial charge in [-0.1, -0.05) is 116 Å². The molecule has 1 aromatic heterocycles. The van der Waals surface area contributed by atoms with Crippen molar-refractivity contribution in [3.8, 4) is 17.0 Å². The van der Waals surface area contributed by atoms with E-state index < -0.39 is 11.7 Å². The molecule has 0 spiro atoms. The molecule has 7 nitrogen and oxygen atoms in total. The van der Waals surface area contributed by atoms with Gasteiger partial charge in [0.05, 0.1) is 29.3 Å². The van der Waals surface area contributed by atoms with Gasteiger partial charge in [-0.15, -0.1) is 0 Å². The maximum atomic E-state index is 14.3. The molecule has 2 amide bonds. The zero-order valence-electron chi connectivity index (χ0n) is 25.9. The van der Waals surface area contributed by atoms with Crippen molar-refractivity contribution in [2.75, 3.05) is 13.2 Å². The number of nitrogens with zero attached hydrogens (tertiary/aromatic N) is 2. The quantitative estimate of drug-likeness (QED) is 0.180. The summed E-state index contributed by atoms with van der Waals surface area (Å²) < 4.78 is 6.57. The SMILES string of the molecule is CCC(NC(=O)c1c(OCCN2C(=O)C(c3ccccc3)NC2(C)C)c(-c2ccccc2)nc2ccccc12)c1ccccc1. The summed E-state index contributed by atoms with van der Waals surface area (Å²) in [7, 11) is 0. The molecule has 6 rings (SSSR count). The number of hydrogen-bond donors (Lipinski definition) is 2. The van der Waals surface area contributed by atoms with Crippen molar-refractivity contribution < 1.29 is 14.3 Å². The van der Waals surface area contributed by atoms with E-state index in [4.69, 9.17) is 9.72 Å². The van der Waals surface area contributed by atoms with E-state index in [1.165, 1.54) is 0 Å². The predicted molar refractivity (Wildman–Crippen MR) is 178 cm³/mol. The molecule has 0 radical (unpaired) electrons. The van der Waals surface area contributed by atoms with Crippen LogP contribution >= 0.6 is 0 Å². The molecule has 0 saturated carbocycles. The Kier molecular flexibility index (Phi) is 8.62. The van der Waals surface area contributed by atoms with E-state index in [-0.39, 0.29) is 24.5 Å². The van der Waals surface area contributed by atoms with Crippen LogP contribution in [0.2, 0.25) is 0 Å². The largest absolute Gasteiger partial charge is 0.489 e. The lowest BCUT2D eigenvalue weighted by Crippen LogP contribution is -2.48. The Hall–Kier alpha value is -5.01. The highest BCUT2D eigenvalue weighted by Gasteiger charge is 2.44. The Bertz CT molecular complexity index is 1790. The third-order valence-corrected chi connectivity index (χ3v) is 8.42. The number of aromatic nitrogens is 1. The number of pyridine rings is 1. The van der Waals surface area contributed by atoms with Gasteiger partial charge in [-0.2, -0.15) is 0 Å². The number of carbonyl (C=O) groups excluding carboxylic acids is 2. The molecular weight excluding hydrogens is 560 g/mol. The van der Waals surface area contributed by atoms with Gasteiger partial charge in [-0.05, 0) is 37.5 Å². The Balaban J connectivity index is 1.36. The van der Waals surface area contributed by atoms with Crippen LogP contribution in [0.25, 0.3) is 22.2 Å². The van der Waals surface area contributed by atoms with Gasteiger partial charge in [0.2, 0.25) is 5.91 Å². The van der Waals surface area contributed by atoms with Gasteiger partial charge in [0, 0.05) is 10.9 Å². The van der Waals surface area contributed by atoms with Crippen LogP contribution in [-0.2, 0) is 4.79 Å². The molecular formula is C38H38N4O3. The molecule has 1 aliphatic heterocycles. The number of rotatable bonds is 10. The molecule has 45 heavy (non-hydrogen) atoms. The molecule has 0 aliphatic carbocycles. The van der Waals surface area contributed by atoms with Gasteiger partial charge in [-0.3, -0.25) is 14.9 Å². The third-order valence-electron chi connectivity index (χ3n) is 8.42. The fraction of sp³-hybridized carbons (Fsp3) is 0.237. The Morgan fingerprint density at radius 2 is 1.53 bits per heavy atom. The highest BCUT2D eigenvalue weighted by atomic mass is 16.5. The monoisotopic (exact) mass is 598 g/mol. The molecule has 0 bridgehead atoms. The standard InChI is InChI=1S/C38H38N4O3/c1-4-30(26-16-8-5-9-17-26)40-36(43)32-29-22-14-15-23-31(29)39-33(27-18-10-6-11-19-27)35(32)45-25-24-42-37(44)34(41-38(42,2)3)28-20-12-7-13-21-28/h5-23,30,34,41H,4,24-25H2,1-3H3,(H,40,43). The maximum absolute atomic E-state index is 14.3. The first-order valence-corrected chi connectivity index (χ1v) is 15.5. The van der Waals surface area contributed by atoms with Gasteiger partial charge in [0.1, 0.15) is 18.3 Å². The van der Waals surface area contributed by atoms with Gasteiger partial charge in [0.25, 0.3) is 5.91 Å². The minimum atomic E-state index is -0.588. The van der Waals surface area contributed by atoms with E-state index >= 15 is 0 Å². The second-order valence-electron chi connectivity index (χ2n) is 11.8. The van der Waals surface area contributed by atoms with E-state index in [2.05, 4.69) is 17.6 Å². The summed E-state index contributed by atoms with van der Waals surface area (Å²) in [5, 5.41) is 7.44. The first kappa shape index (κ1) is 30.0.